The fourth-order valence-electron chi connectivity index (χ4n) is 3.78. The molecule has 0 bridgehead atoms. The lowest BCUT2D eigenvalue weighted by molar-refractivity contribution is 0.0698. The van der Waals surface area contributed by atoms with Crippen LogP contribution in [0.4, 0.5) is 22.7 Å². The highest BCUT2D eigenvalue weighted by Gasteiger charge is 2.52. The van der Waals surface area contributed by atoms with Crippen molar-refractivity contribution in [2.24, 2.45) is 5.41 Å². The zero-order valence-corrected chi connectivity index (χ0v) is 13.3. The second-order valence-electron chi connectivity index (χ2n) is 6.85. The minimum Gasteiger partial charge on any atom is -0.478 e. The summed E-state index contributed by atoms with van der Waals surface area (Å²) >= 11 is 0. The first-order chi connectivity index (χ1) is 11.5. The molecule has 124 valence electrons. The average molecular weight is 324 g/mol. The summed E-state index contributed by atoms with van der Waals surface area (Å²) in [6.45, 7) is 3.83. The molecule has 0 atom stereocenters. The minimum absolute atomic E-state index is 0.172. The van der Waals surface area contributed by atoms with Crippen molar-refractivity contribution in [2.45, 2.75) is 0 Å². The molecule has 1 spiro atoms. The molecule has 0 saturated carbocycles. The van der Waals surface area contributed by atoms with Crippen molar-refractivity contribution in [1.29, 1.82) is 0 Å². The number of benzene rings is 2. The summed E-state index contributed by atoms with van der Waals surface area (Å²) in [6, 6.07) is 13.1. The number of rotatable bonds is 3. The highest BCUT2D eigenvalue weighted by Crippen LogP contribution is 2.45. The highest BCUT2D eigenvalue weighted by molar-refractivity contribution is 5.97. The van der Waals surface area contributed by atoms with Gasteiger partial charge in [-0.15, -0.1) is 0 Å². The van der Waals surface area contributed by atoms with Crippen molar-refractivity contribution in [3.8, 4) is 0 Å². The molecule has 0 aliphatic carbocycles. The van der Waals surface area contributed by atoms with Gasteiger partial charge >= 0.3 is 5.97 Å². The van der Waals surface area contributed by atoms with Crippen LogP contribution in [0.5, 0.6) is 0 Å². The molecular formula is C18H20N4O2. The van der Waals surface area contributed by atoms with E-state index in [1.165, 1.54) is 5.69 Å². The Morgan fingerprint density at radius 3 is 2.21 bits per heavy atom. The molecule has 0 amide bonds. The van der Waals surface area contributed by atoms with Crippen molar-refractivity contribution in [1.82, 2.24) is 0 Å². The topological polar surface area (TPSA) is 95.8 Å². The minimum atomic E-state index is -0.984. The average Bonchev–Trinajstić information content (AvgIpc) is 2.47. The van der Waals surface area contributed by atoms with Crippen molar-refractivity contribution < 1.29 is 9.90 Å². The Hall–Kier alpha value is -2.89. The van der Waals surface area contributed by atoms with E-state index in [1.54, 1.807) is 12.1 Å². The number of carboxylic acids is 1. The monoisotopic (exact) mass is 324 g/mol. The van der Waals surface area contributed by atoms with Gasteiger partial charge in [0.15, 0.2) is 0 Å². The Balaban J connectivity index is 1.42. The van der Waals surface area contributed by atoms with Crippen LogP contribution in [-0.4, -0.2) is 37.3 Å². The summed E-state index contributed by atoms with van der Waals surface area (Å²) < 4.78 is 0. The maximum atomic E-state index is 11.2. The van der Waals surface area contributed by atoms with Crippen LogP contribution >= 0.6 is 0 Å². The molecule has 2 aromatic rings. The van der Waals surface area contributed by atoms with Crippen LogP contribution in [0.1, 0.15) is 10.4 Å². The van der Waals surface area contributed by atoms with Crippen molar-refractivity contribution in [3.63, 3.8) is 0 Å². The maximum absolute atomic E-state index is 11.2. The number of carboxylic acid groups (broad SMARTS) is 1. The van der Waals surface area contributed by atoms with Crippen LogP contribution in [0.2, 0.25) is 0 Å². The van der Waals surface area contributed by atoms with Crippen molar-refractivity contribution in [2.75, 3.05) is 47.4 Å². The van der Waals surface area contributed by atoms with E-state index >= 15 is 0 Å². The quantitative estimate of drug-likeness (QED) is 0.746. The number of nitrogen functional groups attached to an aromatic ring is 2. The van der Waals surface area contributed by atoms with Gasteiger partial charge in [-0.2, -0.15) is 0 Å². The van der Waals surface area contributed by atoms with Gasteiger partial charge < -0.3 is 26.4 Å². The standard InChI is InChI=1S/C18H20N4O2/c19-12-4-6-13(7-5-12)21-8-18(9-21)10-22(11-18)15-3-1-2-14(16(15)20)17(23)24/h1-7H,8-11,19-20H2,(H,23,24). The van der Waals surface area contributed by atoms with Gasteiger partial charge in [0.25, 0.3) is 0 Å². The van der Waals surface area contributed by atoms with E-state index in [2.05, 4.69) is 9.80 Å². The van der Waals surface area contributed by atoms with Gasteiger partial charge in [-0.1, -0.05) is 6.07 Å². The van der Waals surface area contributed by atoms with Gasteiger partial charge in [0.1, 0.15) is 0 Å². The second kappa shape index (κ2) is 5.06. The molecule has 4 rings (SSSR count). The van der Waals surface area contributed by atoms with E-state index in [4.69, 9.17) is 11.5 Å². The lowest BCUT2D eigenvalue weighted by Crippen LogP contribution is -2.72. The number of anilines is 4. The number of aromatic carboxylic acids is 1. The fourth-order valence-corrected chi connectivity index (χ4v) is 3.78. The van der Waals surface area contributed by atoms with Gasteiger partial charge in [-0.3, -0.25) is 0 Å². The number of carbonyl (C=O) groups is 1. The predicted octanol–water partition coefficient (Wildman–Crippen LogP) is 1.88. The first kappa shape index (κ1) is 14.7. The van der Waals surface area contributed by atoms with Gasteiger partial charge in [-0.25, -0.2) is 4.79 Å². The number of hydrogen-bond acceptors (Lipinski definition) is 5. The normalized spacial score (nSPS) is 18.2. The van der Waals surface area contributed by atoms with Gasteiger partial charge in [0.2, 0.25) is 0 Å². The van der Waals surface area contributed by atoms with Crippen molar-refractivity contribution >= 4 is 28.7 Å². The molecule has 2 saturated heterocycles. The molecule has 5 N–H and O–H groups in total. The molecule has 24 heavy (non-hydrogen) atoms. The molecule has 6 heteroatoms. The molecule has 2 aliphatic heterocycles. The molecular weight excluding hydrogens is 304 g/mol. The van der Waals surface area contributed by atoms with Crippen LogP contribution in [0.15, 0.2) is 42.5 Å². The number of nitrogens with zero attached hydrogens (tertiary/aromatic N) is 2. The smallest absolute Gasteiger partial charge is 0.337 e. The third-order valence-corrected chi connectivity index (χ3v) is 5.02. The Bertz CT molecular complexity index is 789. The molecule has 0 aromatic heterocycles. The Morgan fingerprint density at radius 2 is 1.58 bits per heavy atom. The number of hydrogen-bond donors (Lipinski definition) is 3. The van der Waals surface area contributed by atoms with Crippen molar-refractivity contribution in [3.05, 3.63) is 48.0 Å². The summed E-state index contributed by atoms with van der Waals surface area (Å²) in [6.07, 6.45) is 0. The molecule has 2 heterocycles. The molecule has 2 fully saturated rings. The van der Waals surface area contributed by atoms with E-state index < -0.39 is 5.97 Å². The Labute approximate surface area is 140 Å². The summed E-state index contributed by atoms with van der Waals surface area (Å²) in [4.78, 5) is 15.7. The largest absolute Gasteiger partial charge is 0.478 e. The summed E-state index contributed by atoms with van der Waals surface area (Å²) in [5.74, 6) is -0.984. The summed E-state index contributed by atoms with van der Waals surface area (Å²) in [7, 11) is 0. The third-order valence-electron chi connectivity index (χ3n) is 5.02. The van der Waals surface area contributed by atoms with E-state index in [0.717, 1.165) is 37.6 Å². The first-order valence-electron chi connectivity index (χ1n) is 7.95. The maximum Gasteiger partial charge on any atom is 0.337 e. The van der Waals surface area contributed by atoms with Gasteiger partial charge in [0, 0.05) is 43.0 Å². The molecule has 6 nitrogen and oxygen atoms in total. The van der Waals surface area contributed by atoms with E-state index in [0.29, 0.717) is 5.69 Å². The van der Waals surface area contributed by atoms with E-state index in [9.17, 15) is 9.90 Å². The van der Waals surface area contributed by atoms with E-state index in [1.807, 2.05) is 30.3 Å². The lowest BCUT2D eigenvalue weighted by Gasteiger charge is -2.61. The van der Waals surface area contributed by atoms with Crippen LogP contribution in [0, 0.1) is 5.41 Å². The second-order valence-corrected chi connectivity index (χ2v) is 6.85. The SMILES string of the molecule is Nc1ccc(N2CC3(C2)CN(c2cccc(C(=O)O)c2N)C3)cc1. The molecule has 2 aromatic carbocycles. The number of para-hydroxylation sites is 1. The molecule has 0 radical (unpaired) electrons. The third kappa shape index (κ3) is 2.22. The first-order valence-corrected chi connectivity index (χ1v) is 7.95. The van der Waals surface area contributed by atoms with Gasteiger partial charge in [0.05, 0.1) is 16.9 Å². The fraction of sp³-hybridized carbons (Fsp3) is 0.278. The van der Waals surface area contributed by atoms with Gasteiger partial charge in [-0.05, 0) is 36.4 Å². The zero-order chi connectivity index (χ0) is 16.9. The van der Waals surface area contributed by atoms with Crippen LogP contribution in [0.25, 0.3) is 0 Å². The van der Waals surface area contributed by atoms with Crippen LogP contribution in [-0.2, 0) is 0 Å². The lowest BCUT2D eigenvalue weighted by atomic mass is 9.72. The highest BCUT2D eigenvalue weighted by atomic mass is 16.4. The molecule has 2 aliphatic rings. The predicted molar refractivity (Wildman–Crippen MR) is 95.5 cm³/mol. The van der Waals surface area contributed by atoms with Crippen LogP contribution in [0.3, 0.4) is 0 Å². The Morgan fingerprint density at radius 1 is 0.958 bits per heavy atom. The molecule has 0 unspecified atom stereocenters. The number of nitrogens with two attached hydrogens (primary N) is 2. The summed E-state index contributed by atoms with van der Waals surface area (Å²) in [5.41, 5.74) is 15.4. The Kier molecular flexibility index (Phi) is 3.09. The summed E-state index contributed by atoms with van der Waals surface area (Å²) in [5, 5.41) is 9.19. The van der Waals surface area contributed by atoms with Crippen LogP contribution < -0.4 is 21.3 Å². The zero-order valence-electron chi connectivity index (χ0n) is 13.3. The van der Waals surface area contributed by atoms with E-state index in [-0.39, 0.29) is 11.0 Å².